The van der Waals surface area contributed by atoms with Crippen molar-refractivity contribution in [3.8, 4) is 17.1 Å². The van der Waals surface area contributed by atoms with E-state index in [1.807, 2.05) is 24.3 Å². The van der Waals surface area contributed by atoms with E-state index in [1.165, 1.54) is 12.4 Å². The third-order valence-electron chi connectivity index (χ3n) is 3.50. The largest absolute Gasteiger partial charge is 0.497 e. The molecule has 22 heavy (non-hydrogen) atoms. The number of ether oxygens (including phenoxy) is 1. The van der Waals surface area contributed by atoms with Crippen molar-refractivity contribution in [3.63, 3.8) is 0 Å². The summed E-state index contributed by atoms with van der Waals surface area (Å²) >= 11 is 0. The van der Waals surface area contributed by atoms with Gasteiger partial charge in [0.2, 0.25) is 0 Å². The lowest BCUT2D eigenvalue weighted by atomic mass is 10.2. The summed E-state index contributed by atoms with van der Waals surface area (Å²) in [6.45, 7) is 0. The van der Waals surface area contributed by atoms with Crippen molar-refractivity contribution in [2.45, 2.75) is 0 Å². The molecule has 0 unspecified atom stereocenters. The van der Waals surface area contributed by atoms with Gasteiger partial charge in [-0.05, 0) is 36.4 Å². The van der Waals surface area contributed by atoms with E-state index in [9.17, 15) is 4.39 Å². The molecule has 0 fully saturated rings. The predicted octanol–water partition coefficient (Wildman–Crippen LogP) is 3.09. The number of halogens is 1. The molecule has 5 nitrogen and oxygen atoms in total. The minimum atomic E-state index is -0.367. The first-order valence-electron chi connectivity index (χ1n) is 6.70. The highest BCUT2D eigenvalue weighted by molar-refractivity contribution is 5.91. The van der Waals surface area contributed by atoms with Gasteiger partial charge in [0.1, 0.15) is 23.4 Å². The number of hydrogen-bond donors (Lipinski definition) is 0. The summed E-state index contributed by atoms with van der Waals surface area (Å²) in [6, 6.07) is 12.3. The zero-order chi connectivity index (χ0) is 15.1. The van der Waals surface area contributed by atoms with Gasteiger partial charge in [-0.15, -0.1) is 5.10 Å². The maximum absolute atomic E-state index is 13.8. The van der Waals surface area contributed by atoms with Gasteiger partial charge in [0.25, 0.3) is 0 Å². The molecular weight excluding hydrogens is 283 g/mol. The first kappa shape index (κ1) is 12.7. The number of para-hydroxylation sites is 1. The maximum atomic E-state index is 13.8. The van der Waals surface area contributed by atoms with Crippen LogP contribution in [0, 0.1) is 5.82 Å². The van der Waals surface area contributed by atoms with Gasteiger partial charge in [-0.1, -0.05) is 6.07 Å². The Morgan fingerprint density at radius 1 is 1.09 bits per heavy atom. The van der Waals surface area contributed by atoms with Crippen LogP contribution in [0.5, 0.6) is 5.75 Å². The Bertz CT molecular complexity index is 979. The third kappa shape index (κ3) is 1.88. The van der Waals surface area contributed by atoms with Gasteiger partial charge in [0, 0.05) is 10.9 Å². The fourth-order valence-corrected chi connectivity index (χ4v) is 2.39. The smallest absolute Gasteiger partial charge is 0.182 e. The SMILES string of the molecule is COc1ccc(-c2nc3c4cccc(F)c4ncn3n2)cc1. The van der Waals surface area contributed by atoms with Gasteiger partial charge in [0.15, 0.2) is 11.5 Å². The molecule has 0 N–H and O–H groups in total. The summed E-state index contributed by atoms with van der Waals surface area (Å²) in [7, 11) is 1.62. The number of fused-ring (bicyclic) bond motifs is 3. The lowest BCUT2D eigenvalue weighted by Crippen LogP contribution is -1.93. The van der Waals surface area contributed by atoms with Gasteiger partial charge in [-0.2, -0.15) is 0 Å². The molecule has 0 aliphatic heterocycles. The summed E-state index contributed by atoms with van der Waals surface area (Å²) in [6.07, 6.45) is 1.47. The fourth-order valence-electron chi connectivity index (χ4n) is 2.39. The number of methoxy groups -OCH3 is 1. The zero-order valence-corrected chi connectivity index (χ0v) is 11.7. The van der Waals surface area contributed by atoms with Crippen LogP contribution in [0.3, 0.4) is 0 Å². The highest BCUT2D eigenvalue weighted by Gasteiger charge is 2.11. The van der Waals surface area contributed by atoms with Gasteiger partial charge < -0.3 is 4.74 Å². The number of hydrogen-bond acceptors (Lipinski definition) is 4. The molecule has 2 aromatic heterocycles. The van der Waals surface area contributed by atoms with E-state index in [0.29, 0.717) is 22.4 Å². The van der Waals surface area contributed by atoms with Crippen LogP contribution in [0.4, 0.5) is 4.39 Å². The lowest BCUT2D eigenvalue weighted by molar-refractivity contribution is 0.415. The molecule has 4 rings (SSSR count). The Hall–Kier alpha value is -3.02. The van der Waals surface area contributed by atoms with Crippen molar-refractivity contribution in [3.05, 3.63) is 54.6 Å². The standard InChI is InChI=1S/C16H11FN4O/c1-22-11-7-5-10(6-8-11)15-19-16-12-3-2-4-13(17)14(12)18-9-21(16)20-15/h2-9H,1H3. The molecule has 0 bridgehead atoms. The van der Waals surface area contributed by atoms with E-state index in [4.69, 9.17) is 4.74 Å². The van der Waals surface area contributed by atoms with E-state index in [1.54, 1.807) is 23.8 Å². The van der Waals surface area contributed by atoms with Crippen LogP contribution in [-0.2, 0) is 0 Å². The van der Waals surface area contributed by atoms with Crippen molar-refractivity contribution in [1.29, 1.82) is 0 Å². The Labute approximate surface area is 125 Å². The second kappa shape index (κ2) is 4.77. The Balaban J connectivity index is 1.93. The van der Waals surface area contributed by atoms with Crippen molar-refractivity contribution in [1.82, 2.24) is 19.6 Å². The molecule has 2 aromatic carbocycles. The van der Waals surface area contributed by atoms with Gasteiger partial charge in [0.05, 0.1) is 7.11 Å². The lowest BCUT2D eigenvalue weighted by Gasteiger charge is -1.99. The first-order chi connectivity index (χ1) is 10.8. The maximum Gasteiger partial charge on any atom is 0.182 e. The molecule has 0 amide bonds. The van der Waals surface area contributed by atoms with E-state index < -0.39 is 0 Å². The van der Waals surface area contributed by atoms with Gasteiger partial charge in [-0.3, -0.25) is 0 Å². The number of rotatable bonds is 2. The minimum Gasteiger partial charge on any atom is -0.497 e. The van der Waals surface area contributed by atoms with Crippen molar-refractivity contribution in [2.75, 3.05) is 7.11 Å². The van der Waals surface area contributed by atoms with Crippen LogP contribution >= 0.6 is 0 Å². The molecule has 0 atom stereocenters. The number of benzene rings is 2. The molecule has 108 valence electrons. The Kier molecular flexibility index (Phi) is 2.75. The Morgan fingerprint density at radius 3 is 2.68 bits per heavy atom. The monoisotopic (exact) mass is 294 g/mol. The normalized spacial score (nSPS) is 11.2. The molecule has 0 aliphatic rings. The number of aromatic nitrogens is 4. The zero-order valence-electron chi connectivity index (χ0n) is 11.7. The molecule has 6 heteroatoms. The topological polar surface area (TPSA) is 52.3 Å². The quantitative estimate of drug-likeness (QED) is 0.570. The van der Waals surface area contributed by atoms with Crippen molar-refractivity contribution >= 4 is 16.6 Å². The van der Waals surface area contributed by atoms with E-state index in [2.05, 4.69) is 15.1 Å². The summed E-state index contributed by atoms with van der Waals surface area (Å²) in [5.41, 5.74) is 1.73. The number of nitrogens with zero attached hydrogens (tertiary/aromatic N) is 4. The van der Waals surface area contributed by atoms with Crippen LogP contribution in [0.15, 0.2) is 48.8 Å². The highest BCUT2D eigenvalue weighted by Crippen LogP contribution is 2.23. The van der Waals surface area contributed by atoms with Crippen LogP contribution in [-0.4, -0.2) is 26.7 Å². The van der Waals surface area contributed by atoms with Crippen LogP contribution in [0.2, 0.25) is 0 Å². The third-order valence-corrected chi connectivity index (χ3v) is 3.50. The molecule has 0 saturated heterocycles. The van der Waals surface area contributed by atoms with E-state index in [0.717, 1.165) is 11.3 Å². The second-order valence-electron chi connectivity index (χ2n) is 4.81. The predicted molar refractivity (Wildman–Crippen MR) is 80.2 cm³/mol. The van der Waals surface area contributed by atoms with E-state index in [-0.39, 0.29) is 5.82 Å². The summed E-state index contributed by atoms with van der Waals surface area (Å²) in [5, 5.41) is 5.03. The highest BCUT2D eigenvalue weighted by atomic mass is 19.1. The fraction of sp³-hybridized carbons (Fsp3) is 0.0625. The average molecular weight is 294 g/mol. The van der Waals surface area contributed by atoms with Crippen LogP contribution < -0.4 is 4.74 Å². The second-order valence-corrected chi connectivity index (χ2v) is 4.81. The van der Waals surface area contributed by atoms with Crippen LogP contribution in [0.25, 0.3) is 27.9 Å². The summed E-state index contributed by atoms with van der Waals surface area (Å²) < 4.78 is 20.5. The summed E-state index contributed by atoms with van der Waals surface area (Å²) in [5.74, 6) is 0.955. The molecule has 2 heterocycles. The molecule has 4 aromatic rings. The molecule has 0 saturated carbocycles. The summed E-state index contributed by atoms with van der Waals surface area (Å²) in [4.78, 5) is 8.62. The Morgan fingerprint density at radius 2 is 1.91 bits per heavy atom. The molecular formula is C16H11FN4O. The van der Waals surface area contributed by atoms with Crippen molar-refractivity contribution < 1.29 is 9.13 Å². The van der Waals surface area contributed by atoms with Gasteiger partial charge >= 0.3 is 0 Å². The van der Waals surface area contributed by atoms with Crippen molar-refractivity contribution in [2.24, 2.45) is 0 Å². The minimum absolute atomic E-state index is 0.295. The molecule has 0 radical (unpaired) electrons. The average Bonchev–Trinajstić information content (AvgIpc) is 3.00. The first-order valence-corrected chi connectivity index (χ1v) is 6.70. The van der Waals surface area contributed by atoms with E-state index >= 15 is 0 Å². The molecule has 0 aliphatic carbocycles. The van der Waals surface area contributed by atoms with Crippen LogP contribution in [0.1, 0.15) is 0 Å². The molecule has 0 spiro atoms. The van der Waals surface area contributed by atoms with Gasteiger partial charge in [-0.25, -0.2) is 18.9 Å².